The Balaban J connectivity index is 0.00000243. The number of para-hydroxylation sites is 1. The standard InChI is InChI=1S/C18H17F3N2O2.ClH/c19-18(20,21)14-5-11(9-22)6-15(8-14)23-17(24)13-7-12-3-1-2-4-16(12)25-10-13;/h1-6,8,13H,7,9-10,22H2,(H,23,24);1H. The molecule has 2 aromatic carbocycles. The highest BCUT2D eigenvalue weighted by Gasteiger charge is 2.32. The van der Waals surface area contributed by atoms with Crippen LogP contribution in [-0.2, 0) is 23.9 Å². The van der Waals surface area contributed by atoms with Crippen LogP contribution >= 0.6 is 12.4 Å². The van der Waals surface area contributed by atoms with Gasteiger partial charge in [0, 0.05) is 12.2 Å². The average molecular weight is 387 g/mol. The van der Waals surface area contributed by atoms with Crippen LogP contribution in [0.15, 0.2) is 42.5 Å². The van der Waals surface area contributed by atoms with Crippen LogP contribution < -0.4 is 15.8 Å². The highest BCUT2D eigenvalue weighted by Crippen LogP contribution is 2.32. The third-order valence-electron chi connectivity index (χ3n) is 4.07. The van der Waals surface area contributed by atoms with Crippen molar-refractivity contribution in [1.29, 1.82) is 0 Å². The van der Waals surface area contributed by atoms with Gasteiger partial charge in [-0.1, -0.05) is 18.2 Å². The fourth-order valence-electron chi connectivity index (χ4n) is 2.79. The van der Waals surface area contributed by atoms with Crippen LogP contribution in [0.5, 0.6) is 5.75 Å². The molecule has 0 radical (unpaired) electrons. The van der Waals surface area contributed by atoms with Gasteiger partial charge in [-0.15, -0.1) is 12.4 Å². The van der Waals surface area contributed by atoms with Crippen LogP contribution in [0.3, 0.4) is 0 Å². The molecule has 4 nitrogen and oxygen atoms in total. The Bertz CT molecular complexity index is 796. The molecule has 1 heterocycles. The second kappa shape index (κ2) is 7.97. The third kappa shape index (κ3) is 4.47. The summed E-state index contributed by atoms with van der Waals surface area (Å²) in [5, 5.41) is 2.56. The molecule has 26 heavy (non-hydrogen) atoms. The number of halogens is 4. The smallest absolute Gasteiger partial charge is 0.416 e. The predicted octanol–water partition coefficient (Wildman–Crippen LogP) is 3.78. The minimum Gasteiger partial charge on any atom is -0.492 e. The number of hydrogen-bond donors (Lipinski definition) is 2. The number of rotatable bonds is 3. The topological polar surface area (TPSA) is 64.3 Å². The normalized spacial score (nSPS) is 16.1. The lowest BCUT2D eigenvalue weighted by molar-refractivity contribution is -0.137. The van der Waals surface area contributed by atoms with Gasteiger partial charge >= 0.3 is 6.18 Å². The predicted molar refractivity (Wildman–Crippen MR) is 94.3 cm³/mol. The lowest BCUT2D eigenvalue weighted by Gasteiger charge is -2.24. The molecule has 0 aromatic heterocycles. The average Bonchev–Trinajstić information content (AvgIpc) is 2.60. The summed E-state index contributed by atoms with van der Waals surface area (Å²) < 4.78 is 44.5. The minimum atomic E-state index is -4.50. The van der Waals surface area contributed by atoms with E-state index in [4.69, 9.17) is 10.5 Å². The number of ether oxygens (including phenoxy) is 1. The van der Waals surface area contributed by atoms with Gasteiger partial charge in [-0.3, -0.25) is 4.79 Å². The summed E-state index contributed by atoms with van der Waals surface area (Å²) in [5.41, 5.74) is 5.91. The van der Waals surface area contributed by atoms with Gasteiger partial charge in [0.2, 0.25) is 5.91 Å². The Morgan fingerprint density at radius 3 is 2.65 bits per heavy atom. The van der Waals surface area contributed by atoms with E-state index in [1.165, 1.54) is 6.07 Å². The summed E-state index contributed by atoms with van der Waals surface area (Å²) in [5.74, 6) is -0.112. The van der Waals surface area contributed by atoms with Crippen LogP contribution in [0.4, 0.5) is 18.9 Å². The number of alkyl halides is 3. The number of nitrogens with two attached hydrogens (primary N) is 1. The first-order valence-corrected chi connectivity index (χ1v) is 7.79. The second-order valence-electron chi connectivity index (χ2n) is 5.93. The van der Waals surface area contributed by atoms with E-state index >= 15 is 0 Å². The lowest BCUT2D eigenvalue weighted by Crippen LogP contribution is -2.32. The summed E-state index contributed by atoms with van der Waals surface area (Å²) in [6, 6.07) is 10.7. The SMILES string of the molecule is Cl.NCc1cc(NC(=O)C2COc3ccccc3C2)cc(C(F)(F)F)c1. The number of carbonyl (C=O) groups is 1. The molecular formula is C18H18ClF3N2O2. The van der Waals surface area contributed by atoms with E-state index in [9.17, 15) is 18.0 Å². The Hall–Kier alpha value is -2.25. The quantitative estimate of drug-likeness (QED) is 0.843. The minimum absolute atomic E-state index is 0. The molecule has 1 amide bonds. The van der Waals surface area contributed by atoms with Crippen molar-refractivity contribution in [3.8, 4) is 5.75 Å². The van der Waals surface area contributed by atoms with Crippen molar-refractivity contribution in [1.82, 2.24) is 0 Å². The molecule has 1 aliphatic rings. The van der Waals surface area contributed by atoms with E-state index in [0.29, 0.717) is 12.0 Å². The van der Waals surface area contributed by atoms with Gasteiger partial charge in [0.05, 0.1) is 11.5 Å². The summed E-state index contributed by atoms with van der Waals surface area (Å²) >= 11 is 0. The van der Waals surface area contributed by atoms with E-state index in [1.54, 1.807) is 0 Å². The van der Waals surface area contributed by atoms with Crippen LogP contribution in [0.1, 0.15) is 16.7 Å². The maximum absolute atomic E-state index is 13.0. The molecule has 1 aliphatic heterocycles. The molecule has 0 fully saturated rings. The Kier molecular flexibility index (Phi) is 6.15. The maximum atomic E-state index is 13.0. The van der Waals surface area contributed by atoms with Crippen molar-refractivity contribution in [2.75, 3.05) is 11.9 Å². The van der Waals surface area contributed by atoms with Crippen LogP contribution in [0, 0.1) is 5.92 Å². The summed E-state index contributed by atoms with van der Waals surface area (Å²) in [6.07, 6.45) is -4.03. The number of benzene rings is 2. The molecule has 3 N–H and O–H groups in total. The second-order valence-corrected chi connectivity index (χ2v) is 5.93. The molecule has 140 valence electrons. The van der Waals surface area contributed by atoms with E-state index in [2.05, 4.69) is 5.32 Å². The van der Waals surface area contributed by atoms with E-state index in [1.807, 2.05) is 24.3 Å². The van der Waals surface area contributed by atoms with Crippen molar-refractivity contribution < 1.29 is 22.7 Å². The van der Waals surface area contributed by atoms with Gasteiger partial charge in [0.15, 0.2) is 0 Å². The first-order chi connectivity index (χ1) is 11.9. The van der Waals surface area contributed by atoms with Crippen LogP contribution in [0.2, 0.25) is 0 Å². The van der Waals surface area contributed by atoms with E-state index in [0.717, 1.165) is 23.4 Å². The summed E-state index contributed by atoms with van der Waals surface area (Å²) in [4.78, 5) is 12.4. The Labute approximate surface area is 154 Å². The fourth-order valence-corrected chi connectivity index (χ4v) is 2.79. The monoisotopic (exact) mass is 386 g/mol. The van der Waals surface area contributed by atoms with Crippen molar-refractivity contribution in [3.63, 3.8) is 0 Å². The zero-order valence-electron chi connectivity index (χ0n) is 13.7. The van der Waals surface area contributed by atoms with Gasteiger partial charge in [-0.05, 0) is 41.8 Å². The van der Waals surface area contributed by atoms with Gasteiger partial charge in [-0.2, -0.15) is 13.2 Å². The molecule has 0 bridgehead atoms. The van der Waals surface area contributed by atoms with Gasteiger partial charge in [0.25, 0.3) is 0 Å². The van der Waals surface area contributed by atoms with Crippen molar-refractivity contribution >= 4 is 24.0 Å². The number of fused-ring (bicyclic) bond motifs is 1. The lowest BCUT2D eigenvalue weighted by atomic mass is 9.96. The molecule has 8 heteroatoms. The first kappa shape index (κ1) is 20.1. The molecular weight excluding hydrogens is 369 g/mol. The van der Waals surface area contributed by atoms with Crippen molar-refractivity contribution in [3.05, 3.63) is 59.2 Å². The van der Waals surface area contributed by atoms with Crippen molar-refractivity contribution in [2.24, 2.45) is 11.7 Å². The Morgan fingerprint density at radius 1 is 1.23 bits per heavy atom. The van der Waals surface area contributed by atoms with Gasteiger partial charge < -0.3 is 15.8 Å². The molecule has 0 saturated heterocycles. The molecule has 3 rings (SSSR count). The van der Waals surface area contributed by atoms with E-state index < -0.39 is 17.7 Å². The summed E-state index contributed by atoms with van der Waals surface area (Å²) in [6.45, 7) is 0.137. The third-order valence-corrected chi connectivity index (χ3v) is 4.07. The number of anilines is 1. The number of nitrogens with one attached hydrogen (secondary N) is 1. The highest BCUT2D eigenvalue weighted by atomic mass is 35.5. The molecule has 1 unspecified atom stereocenters. The zero-order valence-corrected chi connectivity index (χ0v) is 14.5. The summed E-state index contributed by atoms with van der Waals surface area (Å²) in [7, 11) is 0. The number of amides is 1. The van der Waals surface area contributed by atoms with E-state index in [-0.39, 0.29) is 37.2 Å². The molecule has 0 saturated carbocycles. The highest BCUT2D eigenvalue weighted by molar-refractivity contribution is 5.93. The largest absolute Gasteiger partial charge is 0.492 e. The molecule has 0 aliphatic carbocycles. The fraction of sp³-hybridized carbons (Fsp3) is 0.278. The maximum Gasteiger partial charge on any atom is 0.416 e. The molecule has 1 atom stereocenters. The Morgan fingerprint density at radius 2 is 1.96 bits per heavy atom. The van der Waals surface area contributed by atoms with Gasteiger partial charge in [-0.25, -0.2) is 0 Å². The van der Waals surface area contributed by atoms with Crippen molar-refractivity contribution in [2.45, 2.75) is 19.1 Å². The van der Waals surface area contributed by atoms with Gasteiger partial charge in [0.1, 0.15) is 12.4 Å². The molecule has 2 aromatic rings. The zero-order chi connectivity index (χ0) is 18.0. The number of hydrogen-bond acceptors (Lipinski definition) is 3. The van der Waals surface area contributed by atoms with Crippen LogP contribution in [-0.4, -0.2) is 12.5 Å². The number of carbonyl (C=O) groups excluding carboxylic acids is 1. The first-order valence-electron chi connectivity index (χ1n) is 7.79. The molecule has 0 spiro atoms. The van der Waals surface area contributed by atoms with Crippen LogP contribution in [0.25, 0.3) is 0 Å².